The molecule has 2 saturated heterocycles. The number of methoxy groups -OCH3 is 2. The third-order valence-corrected chi connectivity index (χ3v) is 9.03. The average Bonchev–Trinajstić information content (AvgIpc) is 3.64. The molecular formula is C33H35Cl2N5O4. The Balaban J connectivity index is 1.29. The second kappa shape index (κ2) is 13.4. The van der Waals surface area contributed by atoms with Crippen LogP contribution in [0.2, 0.25) is 10.0 Å². The van der Waals surface area contributed by atoms with E-state index < -0.39 is 0 Å². The van der Waals surface area contributed by atoms with E-state index in [0.717, 1.165) is 42.6 Å². The number of aromatic nitrogens is 3. The van der Waals surface area contributed by atoms with Crippen molar-refractivity contribution in [2.45, 2.75) is 38.1 Å². The van der Waals surface area contributed by atoms with Gasteiger partial charge >= 0.3 is 0 Å². The van der Waals surface area contributed by atoms with Gasteiger partial charge in [0.25, 0.3) is 0 Å². The van der Waals surface area contributed by atoms with Gasteiger partial charge < -0.3 is 19.7 Å². The van der Waals surface area contributed by atoms with E-state index >= 15 is 0 Å². The van der Waals surface area contributed by atoms with Crippen molar-refractivity contribution in [1.82, 2.24) is 24.8 Å². The van der Waals surface area contributed by atoms with Gasteiger partial charge in [0.05, 0.1) is 53.6 Å². The summed E-state index contributed by atoms with van der Waals surface area (Å²) < 4.78 is 11.3. The molecule has 6 rings (SSSR count). The van der Waals surface area contributed by atoms with E-state index in [0.29, 0.717) is 76.2 Å². The van der Waals surface area contributed by atoms with Gasteiger partial charge in [0.1, 0.15) is 0 Å². The van der Waals surface area contributed by atoms with E-state index in [1.807, 2.05) is 48.5 Å². The third-order valence-electron chi connectivity index (χ3n) is 8.24. The van der Waals surface area contributed by atoms with Crippen LogP contribution in [0.25, 0.3) is 33.8 Å². The minimum absolute atomic E-state index is 0.290. The molecule has 2 aliphatic heterocycles. The molecule has 2 fully saturated rings. The highest BCUT2D eigenvalue weighted by Crippen LogP contribution is 2.41. The second-order valence-corrected chi connectivity index (χ2v) is 12.0. The number of β-amino-alcohol motifs (C(OH)–C–C–N with tert-alkyl or cyclic N) is 2. The third kappa shape index (κ3) is 6.40. The minimum atomic E-state index is -0.291. The number of aliphatic hydroxyl groups excluding tert-OH is 2. The average molecular weight is 637 g/mol. The van der Waals surface area contributed by atoms with Crippen LogP contribution >= 0.6 is 23.2 Å². The molecule has 5 heterocycles. The molecule has 0 bridgehead atoms. The van der Waals surface area contributed by atoms with Gasteiger partial charge in [0, 0.05) is 73.3 Å². The molecule has 2 aliphatic rings. The largest absolute Gasteiger partial charge is 0.481 e. The van der Waals surface area contributed by atoms with Gasteiger partial charge in [-0.1, -0.05) is 53.5 Å². The predicted molar refractivity (Wildman–Crippen MR) is 171 cm³/mol. The van der Waals surface area contributed by atoms with Crippen LogP contribution in [0, 0.1) is 0 Å². The van der Waals surface area contributed by atoms with E-state index in [-0.39, 0.29) is 12.2 Å². The Labute approximate surface area is 267 Å². The molecule has 2 N–H and O–H groups in total. The fourth-order valence-electron chi connectivity index (χ4n) is 5.97. The number of rotatable bonds is 9. The molecule has 230 valence electrons. The van der Waals surface area contributed by atoms with Crippen LogP contribution in [0.5, 0.6) is 11.8 Å². The fourth-order valence-corrected chi connectivity index (χ4v) is 6.59. The summed E-state index contributed by atoms with van der Waals surface area (Å²) in [6, 6.07) is 15.4. The molecule has 0 spiro atoms. The summed E-state index contributed by atoms with van der Waals surface area (Å²) in [7, 11) is 3.21. The Kier molecular flexibility index (Phi) is 9.32. The van der Waals surface area contributed by atoms with Gasteiger partial charge in [-0.05, 0) is 31.0 Å². The molecule has 1 aromatic carbocycles. The molecule has 0 unspecified atom stereocenters. The lowest BCUT2D eigenvalue weighted by atomic mass is 10.0. The summed E-state index contributed by atoms with van der Waals surface area (Å²) in [5.41, 5.74) is 5.84. The van der Waals surface area contributed by atoms with Gasteiger partial charge in [0.2, 0.25) is 11.8 Å². The lowest BCUT2D eigenvalue weighted by Gasteiger charge is -2.18. The lowest BCUT2D eigenvalue weighted by Crippen LogP contribution is -2.22. The van der Waals surface area contributed by atoms with E-state index in [1.54, 1.807) is 20.4 Å². The van der Waals surface area contributed by atoms with Crippen LogP contribution in [0.4, 0.5) is 0 Å². The van der Waals surface area contributed by atoms with Crippen molar-refractivity contribution in [3.63, 3.8) is 0 Å². The Morgan fingerprint density at radius 2 is 1.25 bits per heavy atom. The highest BCUT2D eigenvalue weighted by molar-refractivity contribution is 6.39. The molecule has 0 amide bonds. The first-order chi connectivity index (χ1) is 21.3. The zero-order chi connectivity index (χ0) is 30.8. The minimum Gasteiger partial charge on any atom is -0.481 e. The Morgan fingerprint density at radius 3 is 1.75 bits per heavy atom. The van der Waals surface area contributed by atoms with Crippen LogP contribution in [-0.4, -0.2) is 87.6 Å². The van der Waals surface area contributed by atoms with E-state index in [2.05, 4.69) is 14.8 Å². The quantitative estimate of drug-likeness (QED) is 0.252. The standard InChI is InChI=1S/C33H35Cl2N5O4/c1-43-32-20(16-39-14-11-22(41)18-39)6-8-27(37-32)24-4-3-5-26(29(24)34)31-30(35)25(10-13-36-31)28-9-7-21(33(38-28)44-2)17-40-15-12-23(42)19-40/h3-10,13,22-23,41-42H,11-12,14-19H2,1-2H3/t22-,23-/m1/s1. The van der Waals surface area contributed by atoms with Crippen LogP contribution in [0.1, 0.15) is 24.0 Å². The van der Waals surface area contributed by atoms with Gasteiger partial charge in [-0.2, -0.15) is 0 Å². The first-order valence-corrected chi connectivity index (χ1v) is 15.4. The first kappa shape index (κ1) is 30.7. The molecule has 11 heteroatoms. The van der Waals surface area contributed by atoms with Crippen LogP contribution in [-0.2, 0) is 13.1 Å². The van der Waals surface area contributed by atoms with Gasteiger partial charge in [0.15, 0.2) is 0 Å². The van der Waals surface area contributed by atoms with Crippen LogP contribution < -0.4 is 9.47 Å². The van der Waals surface area contributed by atoms with E-state index in [9.17, 15) is 10.2 Å². The summed E-state index contributed by atoms with van der Waals surface area (Å²) in [5, 5.41) is 20.7. The molecule has 9 nitrogen and oxygen atoms in total. The van der Waals surface area contributed by atoms with Crippen molar-refractivity contribution >= 4 is 23.2 Å². The molecule has 0 aliphatic carbocycles. The van der Waals surface area contributed by atoms with Crippen molar-refractivity contribution < 1.29 is 19.7 Å². The van der Waals surface area contributed by atoms with Gasteiger partial charge in [-0.25, -0.2) is 9.97 Å². The maximum atomic E-state index is 9.90. The number of benzene rings is 1. The summed E-state index contributed by atoms with van der Waals surface area (Å²) in [6.45, 7) is 4.24. The molecule has 2 atom stereocenters. The Morgan fingerprint density at radius 1 is 0.727 bits per heavy atom. The van der Waals surface area contributed by atoms with Crippen molar-refractivity contribution in [1.29, 1.82) is 0 Å². The van der Waals surface area contributed by atoms with E-state index in [4.69, 9.17) is 42.6 Å². The first-order valence-electron chi connectivity index (χ1n) is 14.7. The monoisotopic (exact) mass is 635 g/mol. The zero-order valence-electron chi connectivity index (χ0n) is 24.7. The van der Waals surface area contributed by atoms with Crippen LogP contribution in [0.3, 0.4) is 0 Å². The van der Waals surface area contributed by atoms with E-state index in [1.165, 1.54) is 0 Å². The Hall–Kier alpha value is -3.31. The topological polar surface area (TPSA) is 104 Å². The number of halogens is 2. The number of nitrogens with zero attached hydrogens (tertiary/aromatic N) is 5. The lowest BCUT2D eigenvalue weighted by molar-refractivity contribution is 0.174. The fraction of sp³-hybridized carbons (Fsp3) is 0.364. The number of aliphatic hydroxyl groups is 2. The highest BCUT2D eigenvalue weighted by Gasteiger charge is 2.24. The molecular weight excluding hydrogens is 601 g/mol. The van der Waals surface area contributed by atoms with Crippen molar-refractivity contribution in [2.24, 2.45) is 0 Å². The van der Waals surface area contributed by atoms with Crippen LogP contribution in [0.15, 0.2) is 54.7 Å². The normalized spacial score (nSPS) is 19.0. The number of ether oxygens (including phenoxy) is 2. The van der Waals surface area contributed by atoms with Gasteiger partial charge in [-0.15, -0.1) is 0 Å². The predicted octanol–water partition coefficient (Wildman–Crippen LogP) is 5.33. The molecule has 44 heavy (non-hydrogen) atoms. The molecule has 0 radical (unpaired) electrons. The zero-order valence-corrected chi connectivity index (χ0v) is 26.2. The summed E-state index contributed by atoms with van der Waals surface area (Å²) in [5.74, 6) is 1.04. The molecule has 4 aromatic rings. The number of hydrogen-bond acceptors (Lipinski definition) is 9. The summed E-state index contributed by atoms with van der Waals surface area (Å²) in [4.78, 5) is 18.5. The number of likely N-dealkylation sites (tertiary alicyclic amines) is 2. The second-order valence-electron chi connectivity index (χ2n) is 11.3. The van der Waals surface area contributed by atoms with Gasteiger partial charge in [-0.3, -0.25) is 14.8 Å². The number of pyridine rings is 3. The maximum Gasteiger partial charge on any atom is 0.218 e. The summed E-state index contributed by atoms with van der Waals surface area (Å²) >= 11 is 14.0. The van der Waals surface area contributed by atoms with Crippen molar-refractivity contribution in [3.8, 4) is 45.5 Å². The Bertz CT molecular complexity index is 1530. The SMILES string of the molecule is COc1nc(-c2cccc(-c3nccc(-c4ccc(CN5CC[C@@H](O)C5)c(OC)n4)c3Cl)c2Cl)ccc1CN1CC[C@@H](O)C1. The maximum absolute atomic E-state index is 9.90. The molecule has 3 aromatic heterocycles. The molecule has 0 saturated carbocycles. The summed E-state index contributed by atoms with van der Waals surface area (Å²) in [6.07, 6.45) is 2.65. The van der Waals surface area contributed by atoms with Crippen molar-refractivity contribution in [3.05, 3.63) is 75.9 Å². The van der Waals surface area contributed by atoms with Crippen molar-refractivity contribution in [2.75, 3.05) is 40.4 Å². The number of hydrogen-bond donors (Lipinski definition) is 2. The highest BCUT2D eigenvalue weighted by atomic mass is 35.5. The smallest absolute Gasteiger partial charge is 0.218 e.